The molecule has 0 aliphatic carbocycles. The van der Waals surface area contributed by atoms with Gasteiger partial charge in [0.05, 0.1) is 0 Å². The molecule has 39 heavy (non-hydrogen) atoms. The number of nitrogens with one attached hydrogen (secondary N) is 1. The summed E-state index contributed by atoms with van der Waals surface area (Å²) in [4.78, 5) is 22.8. The van der Waals surface area contributed by atoms with Crippen LogP contribution in [0.2, 0.25) is 0 Å². The summed E-state index contributed by atoms with van der Waals surface area (Å²) in [7, 11) is 0. The van der Waals surface area contributed by atoms with Crippen LogP contribution in [0.5, 0.6) is 11.5 Å². The Bertz CT molecular complexity index is 1640. The molecule has 1 saturated heterocycles. The maximum absolute atomic E-state index is 12.3. The summed E-state index contributed by atoms with van der Waals surface area (Å²) in [5.74, 6) is 2.42. The van der Waals surface area contributed by atoms with E-state index in [2.05, 4.69) is 47.5 Å². The lowest BCUT2D eigenvalue weighted by Gasteiger charge is -2.38. The number of hydrogen-bond donors (Lipinski definition) is 1. The normalized spacial score (nSPS) is 13.4. The number of halogens is 1. The monoisotopic (exact) mass is 588 g/mol. The van der Waals surface area contributed by atoms with Gasteiger partial charge >= 0.3 is 0 Å². The van der Waals surface area contributed by atoms with Gasteiger partial charge in [0.1, 0.15) is 29.7 Å². The number of carbonyl (C=O) groups excluding carboxylic acids is 1. The molecule has 200 valence electrons. The fraction of sp³-hybridized carbons (Fsp3) is 0.250. The number of carbonyl (C=O) groups is 1. The van der Waals surface area contributed by atoms with Gasteiger partial charge in [0.15, 0.2) is 11.5 Å². The Morgan fingerprint density at radius 1 is 1.08 bits per heavy atom. The second-order valence-electron chi connectivity index (χ2n) is 8.80. The van der Waals surface area contributed by atoms with Crippen LogP contribution in [0.1, 0.15) is 30.9 Å². The third-order valence-electron chi connectivity index (χ3n) is 6.39. The number of allylic oxidation sites excluding steroid dienone is 1. The number of ether oxygens (including phenoxy) is 1. The van der Waals surface area contributed by atoms with E-state index in [1.165, 1.54) is 12.7 Å². The van der Waals surface area contributed by atoms with E-state index in [4.69, 9.17) is 4.74 Å². The largest absolute Gasteiger partial charge is 0.457 e. The first-order valence-corrected chi connectivity index (χ1v) is 13.9. The molecule has 0 radical (unpaired) electrons. The van der Waals surface area contributed by atoms with Crippen molar-refractivity contribution >= 4 is 44.5 Å². The minimum Gasteiger partial charge on any atom is -0.457 e. The fourth-order valence-electron chi connectivity index (χ4n) is 4.47. The zero-order valence-electron chi connectivity index (χ0n) is 22.0. The molecule has 10 nitrogen and oxygen atoms in total. The van der Waals surface area contributed by atoms with E-state index in [0.29, 0.717) is 30.0 Å². The van der Waals surface area contributed by atoms with Crippen molar-refractivity contribution in [1.82, 2.24) is 34.1 Å². The Balaban J connectivity index is 0.00000151. The average Bonchev–Trinajstić information content (AvgIpc) is 3.57. The lowest BCUT2D eigenvalue weighted by atomic mass is 9.92. The van der Waals surface area contributed by atoms with Crippen molar-refractivity contribution in [2.24, 2.45) is 0 Å². The van der Waals surface area contributed by atoms with Crippen LogP contribution < -0.4 is 10.1 Å². The molecule has 5 heterocycles. The van der Waals surface area contributed by atoms with Crippen molar-refractivity contribution < 1.29 is 9.53 Å². The Morgan fingerprint density at radius 2 is 1.85 bits per heavy atom. The van der Waals surface area contributed by atoms with Gasteiger partial charge in [-0.2, -0.15) is 10.2 Å². The van der Waals surface area contributed by atoms with Gasteiger partial charge in [-0.25, -0.2) is 19.0 Å². The highest BCUT2D eigenvalue weighted by Gasteiger charge is 2.33. The molecule has 5 aromatic rings. The maximum Gasteiger partial charge on any atom is 0.246 e. The molecule has 1 N–H and O–H groups in total. The topological polar surface area (TPSA) is 102 Å². The van der Waals surface area contributed by atoms with Gasteiger partial charge in [-0.05, 0) is 54.5 Å². The molecule has 0 unspecified atom stereocenters. The number of rotatable bonds is 7. The second kappa shape index (κ2) is 11.6. The molecule has 0 atom stereocenters. The van der Waals surface area contributed by atoms with Crippen molar-refractivity contribution in [2.45, 2.75) is 26.7 Å². The van der Waals surface area contributed by atoms with Crippen LogP contribution in [0.4, 0.5) is 11.5 Å². The Hall–Kier alpha value is -4.25. The lowest BCUT2D eigenvalue weighted by molar-refractivity contribution is -0.130. The average molecular weight is 589 g/mol. The highest BCUT2D eigenvalue weighted by atomic mass is 79.9. The van der Waals surface area contributed by atoms with Crippen LogP contribution in [0.15, 0.2) is 73.6 Å². The summed E-state index contributed by atoms with van der Waals surface area (Å²) in [5, 5.41) is 12.6. The lowest BCUT2D eigenvalue weighted by Crippen LogP contribution is -2.47. The first kappa shape index (κ1) is 26.4. The highest BCUT2D eigenvalue weighted by Crippen LogP contribution is 2.35. The molecule has 1 aromatic carbocycles. The number of pyridine rings is 1. The van der Waals surface area contributed by atoms with Crippen molar-refractivity contribution in [2.75, 3.05) is 23.7 Å². The summed E-state index contributed by atoms with van der Waals surface area (Å²) < 4.78 is 9.61. The minimum atomic E-state index is 0.0352. The van der Waals surface area contributed by atoms with Crippen LogP contribution in [-0.4, -0.2) is 58.4 Å². The summed E-state index contributed by atoms with van der Waals surface area (Å²) >= 11 is 3.31. The summed E-state index contributed by atoms with van der Waals surface area (Å²) in [6.07, 6.45) is 10.2. The van der Waals surface area contributed by atoms with Crippen molar-refractivity contribution in [3.05, 3.63) is 84.7 Å². The van der Waals surface area contributed by atoms with Gasteiger partial charge in [-0.15, -0.1) is 0 Å². The first-order valence-electron chi connectivity index (χ1n) is 12.8. The maximum atomic E-state index is 12.3. The quantitative estimate of drug-likeness (QED) is 0.197. The van der Waals surface area contributed by atoms with E-state index in [-0.39, 0.29) is 11.8 Å². The first-order chi connectivity index (χ1) is 19.1. The van der Waals surface area contributed by atoms with E-state index >= 15 is 0 Å². The number of fused-ring (bicyclic) bond motifs is 2. The predicted molar refractivity (Wildman–Crippen MR) is 154 cm³/mol. The molecule has 0 spiro atoms. The minimum absolute atomic E-state index is 0.0352. The second-order valence-corrected chi connectivity index (χ2v) is 9.45. The number of aromatic nitrogens is 6. The Morgan fingerprint density at radius 3 is 2.64 bits per heavy atom. The fourth-order valence-corrected chi connectivity index (χ4v) is 4.66. The smallest absolute Gasteiger partial charge is 0.246 e. The summed E-state index contributed by atoms with van der Waals surface area (Å²) in [6, 6.07) is 11.7. The molecular weight excluding hydrogens is 560 g/mol. The number of aryl methyl sites for hydroxylation is 1. The molecule has 11 heteroatoms. The van der Waals surface area contributed by atoms with Gasteiger partial charge in [-0.3, -0.25) is 4.79 Å². The number of alkyl halides is 1. The van der Waals surface area contributed by atoms with E-state index in [0.717, 1.165) is 33.7 Å². The SMILES string of the molecule is CC.Cc1cc(Nc2ncnn3ccc(C4CN(C(=O)/C=C/CBr)C4)c23)ccc1Oc1ccn2ncnc2c1. The zero-order valence-corrected chi connectivity index (χ0v) is 23.5. The molecule has 4 aromatic heterocycles. The molecule has 1 aliphatic heterocycles. The zero-order chi connectivity index (χ0) is 27.4. The predicted octanol–water partition coefficient (Wildman–Crippen LogP) is 5.52. The number of hydrogen-bond acceptors (Lipinski definition) is 7. The number of benzene rings is 1. The number of anilines is 2. The van der Waals surface area contributed by atoms with E-state index < -0.39 is 0 Å². The Kier molecular flexibility index (Phi) is 7.87. The molecule has 6 rings (SSSR count). The van der Waals surface area contributed by atoms with Crippen LogP contribution in [-0.2, 0) is 4.79 Å². The van der Waals surface area contributed by atoms with E-state index in [1.807, 2.05) is 79.0 Å². The molecular formula is C28H29BrN8O2. The summed E-state index contributed by atoms with van der Waals surface area (Å²) in [6.45, 7) is 7.34. The van der Waals surface area contributed by atoms with Crippen molar-refractivity contribution in [1.29, 1.82) is 0 Å². The van der Waals surface area contributed by atoms with E-state index in [1.54, 1.807) is 10.6 Å². The van der Waals surface area contributed by atoms with Crippen LogP contribution in [0.3, 0.4) is 0 Å². The molecule has 0 bridgehead atoms. The molecule has 1 fully saturated rings. The van der Waals surface area contributed by atoms with E-state index in [9.17, 15) is 4.79 Å². The van der Waals surface area contributed by atoms with Gasteiger partial charge in [0.2, 0.25) is 5.91 Å². The molecule has 1 aliphatic rings. The molecule has 1 amide bonds. The number of nitrogens with zero attached hydrogens (tertiary/aromatic N) is 7. The number of amides is 1. The Labute approximate surface area is 234 Å². The van der Waals surface area contributed by atoms with Crippen LogP contribution in [0, 0.1) is 6.92 Å². The van der Waals surface area contributed by atoms with Crippen molar-refractivity contribution in [3.63, 3.8) is 0 Å². The standard InChI is InChI=1S/C26H23BrN8O2.C2H6/c1-17-11-19(4-5-22(17)37-20-6-9-34-23(12-20)28-15-30-34)32-26-25-21(7-10-35(25)31-16-29-26)18-13-33(14-18)24(36)3-2-8-27;1-2/h2-7,9-12,15-16,18H,8,13-14H2,1H3,(H,29,31,32);1-2H3/b3-2+;. The highest BCUT2D eigenvalue weighted by molar-refractivity contribution is 9.09. The third-order valence-corrected chi connectivity index (χ3v) is 6.76. The molecule has 0 saturated carbocycles. The van der Waals surface area contributed by atoms with Gasteiger partial charge in [0, 0.05) is 48.5 Å². The van der Waals surface area contributed by atoms with Gasteiger partial charge in [0.25, 0.3) is 0 Å². The number of likely N-dealkylation sites (tertiary alicyclic amines) is 1. The van der Waals surface area contributed by atoms with Gasteiger partial charge in [-0.1, -0.05) is 35.9 Å². The van der Waals surface area contributed by atoms with Crippen LogP contribution in [0.25, 0.3) is 11.2 Å². The van der Waals surface area contributed by atoms with Gasteiger partial charge < -0.3 is 15.0 Å². The van der Waals surface area contributed by atoms with Crippen molar-refractivity contribution in [3.8, 4) is 11.5 Å². The third kappa shape index (κ3) is 5.49. The van der Waals surface area contributed by atoms with Crippen LogP contribution >= 0.6 is 15.9 Å². The summed E-state index contributed by atoms with van der Waals surface area (Å²) in [5.41, 5.74) is 4.61.